The number of amides is 1. The number of aryl methyl sites for hydroxylation is 1. The fourth-order valence-corrected chi connectivity index (χ4v) is 2.56. The zero-order valence-electron chi connectivity index (χ0n) is 15.7. The second-order valence-electron chi connectivity index (χ2n) is 6.22. The van der Waals surface area contributed by atoms with Crippen molar-refractivity contribution in [3.63, 3.8) is 0 Å². The van der Waals surface area contributed by atoms with Gasteiger partial charge in [0.1, 0.15) is 5.82 Å². The molecule has 146 valence electrons. The lowest BCUT2D eigenvalue weighted by Crippen LogP contribution is -2.23. The Morgan fingerprint density at radius 2 is 2.04 bits per heavy atom. The van der Waals surface area contributed by atoms with Gasteiger partial charge in [0, 0.05) is 36.7 Å². The van der Waals surface area contributed by atoms with E-state index in [1.807, 2.05) is 19.1 Å². The second-order valence-corrected chi connectivity index (χ2v) is 6.22. The van der Waals surface area contributed by atoms with Gasteiger partial charge < -0.3 is 14.5 Å². The summed E-state index contributed by atoms with van der Waals surface area (Å²) >= 11 is 0. The second kappa shape index (κ2) is 9.64. The first kappa shape index (κ1) is 19.5. The lowest BCUT2D eigenvalue weighted by atomic mass is 10.2. The Balaban J connectivity index is 1.49. The van der Waals surface area contributed by atoms with Gasteiger partial charge in [-0.2, -0.15) is 0 Å². The first-order chi connectivity index (χ1) is 13.7. The molecule has 0 saturated heterocycles. The third kappa shape index (κ3) is 5.39. The summed E-state index contributed by atoms with van der Waals surface area (Å²) in [5, 5.41) is 2.86. The molecule has 0 saturated carbocycles. The van der Waals surface area contributed by atoms with E-state index in [0.29, 0.717) is 37.1 Å². The highest BCUT2D eigenvalue weighted by atomic mass is 19.1. The first-order valence-electron chi connectivity index (χ1n) is 9.19. The summed E-state index contributed by atoms with van der Waals surface area (Å²) < 4.78 is 24.2. The number of ether oxygens (including phenoxy) is 1. The van der Waals surface area contributed by atoms with E-state index in [-0.39, 0.29) is 18.1 Å². The fourth-order valence-electron chi connectivity index (χ4n) is 2.56. The molecule has 1 amide bonds. The Hall–Kier alpha value is -3.22. The van der Waals surface area contributed by atoms with E-state index in [1.54, 1.807) is 24.5 Å². The molecule has 7 heteroatoms. The van der Waals surface area contributed by atoms with Crippen LogP contribution in [0.25, 0.3) is 11.3 Å². The van der Waals surface area contributed by atoms with E-state index >= 15 is 0 Å². The SMILES string of the molecule is CCCOc1ncccc1CNC(=O)CCc1ncc(-c2ccc(F)cc2)o1. The molecule has 3 rings (SSSR count). The van der Waals surface area contributed by atoms with Crippen LogP contribution in [0.5, 0.6) is 5.88 Å². The van der Waals surface area contributed by atoms with E-state index in [0.717, 1.165) is 17.5 Å². The highest BCUT2D eigenvalue weighted by Gasteiger charge is 2.10. The van der Waals surface area contributed by atoms with Crippen molar-refractivity contribution in [2.24, 2.45) is 0 Å². The molecule has 0 aliphatic rings. The Morgan fingerprint density at radius 3 is 2.82 bits per heavy atom. The van der Waals surface area contributed by atoms with Crippen LogP contribution in [0.15, 0.2) is 53.2 Å². The molecule has 0 aliphatic heterocycles. The molecule has 0 bridgehead atoms. The maximum absolute atomic E-state index is 13.0. The number of rotatable bonds is 9. The van der Waals surface area contributed by atoms with E-state index < -0.39 is 0 Å². The van der Waals surface area contributed by atoms with Crippen molar-refractivity contribution in [1.82, 2.24) is 15.3 Å². The highest BCUT2D eigenvalue weighted by molar-refractivity contribution is 5.76. The van der Waals surface area contributed by atoms with Crippen LogP contribution in [0, 0.1) is 5.82 Å². The van der Waals surface area contributed by atoms with Gasteiger partial charge in [0.05, 0.1) is 12.8 Å². The number of hydrogen-bond acceptors (Lipinski definition) is 5. The third-order valence-electron chi connectivity index (χ3n) is 4.02. The third-order valence-corrected chi connectivity index (χ3v) is 4.02. The molecule has 0 fully saturated rings. The Kier molecular flexibility index (Phi) is 6.73. The fraction of sp³-hybridized carbons (Fsp3) is 0.286. The van der Waals surface area contributed by atoms with Gasteiger partial charge in [-0.1, -0.05) is 13.0 Å². The average Bonchev–Trinajstić information content (AvgIpc) is 3.19. The monoisotopic (exact) mass is 383 g/mol. The van der Waals surface area contributed by atoms with Gasteiger partial charge >= 0.3 is 0 Å². The number of oxazole rings is 1. The molecular formula is C21H22FN3O3. The van der Waals surface area contributed by atoms with Gasteiger partial charge in [0.25, 0.3) is 0 Å². The van der Waals surface area contributed by atoms with E-state index in [1.165, 1.54) is 12.1 Å². The van der Waals surface area contributed by atoms with Gasteiger partial charge in [-0.15, -0.1) is 0 Å². The number of halogens is 1. The lowest BCUT2D eigenvalue weighted by molar-refractivity contribution is -0.121. The molecule has 28 heavy (non-hydrogen) atoms. The molecular weight excluding hydrogens is 361 g/mol. The normalized spacial score (nSPS) is 10.6. The molecule has 0 aliphatic carbocycles. The van der Waals surface area contributed by atoms with Gasteiger partial charge in [0.15, 0.2) is 11.7 Å². The van der Waals surface area contributed by atoms with E-state index in [2.05, 4.69) is 15.3 Å². The Labute approximate surface area is 162 Å². The van der Waals surface area contributed by atoms with Crippen LogP contribution in [-0.4, -0.2) is 22.5 Å². The first-order valence-corrected chi connectivity index (χ1v) is 9.19. The van der Waals surface area contributed by atoms with Crippen molar-refractivity contribution < 1.29 is 18.3 Å². The average molecular weight is 383 g/mol. The summed E-state index contributed by atoms with van der Waals surface area (Å²) in [5.74, 6) is 1.12. The van der Waals surface area contributed by atoms with Crippen molar-refractivity contribution >= 4 is 5.91 Å². The zero-order chi connectivity index (χ0) is 19.8. The topological polar surface area (TPSA) is 77.2 Å². The number of nitrogens with zero attached hydrogens (tertiary/aromatic N) is 2. The maximum Gasteiger partial charge on any atom is 0.220 e. The molecule has 2 heterocycles. The van der Waals surface area contributed by atoms with Crippen LogP contribution in [0.4, 0.5) is 4.39 Å². The van der Waals surface area contributed by atoms with E-state index in [4.69, 9.17) is 9.15 Å². The summed E-state index contributed by atoms with van der Waals surface area (Å²) in [7, 11) is 0. The molecule has 3 aromatic rings. The lowest BCUT2D eigenvalue weighted by Gasteiger charge is -2.10. The van der Waals surface area contributed by atoms with Crippen LogP contribution >= 0.6 is 0 Å². The van der Waals surface area contributed by atoms with Gasteiger partial charge in [-0.3, -0.25) is 4.79 Å². The summed E-state index contributed by atoms with van der Waals surface area (Å²) in [6, 6.07) is 9.66. The predicted octanol–water partition coefficient (Wildman–Crippen LogP) is 3.91. The van der Waals surface area contributed by atoms with E-state index in [9.17, 15) is 9.18 Å². The summed E-state index contributed by atoms with van der Waals surface area (Å²) in [4.78, 5) is 20.5. The molecule has 2 aromatic heterocycles. The minimum Gasteiger partial charge on any atom is -0.477 e. The van der Waals surface area contributed by atoms with Crippen LogP contribution in [0.2, 0.25) is 0 Å². The standard InChI is InChI=1S/C21H22FN3O3/c1-2-12-27-21-16(4-3-11-23-21)13-24-19(26)9-10-20-25-14-18(28-20)15-5-7-17(22)8-6-15/h3-8,11,14H,2,9-10,12-13H2,1H3,(H,24,26). The Bertz CT molecular complexity index is 909. The van der Waals surface area contributed by atoms with Gasteiger partial charge in [-0.25, -0.2) is 14.4 Å². The van der Waals surface area contributed by atoms with Crippen molar-refractivity contribution in [3.8, 4) is 17.2 Å². The summed E-state index contributed by atoms with van der Waals surface area (Å²) in [5.41, 5.74) is 1.57. The number of aromatic nitrogens is 2. The molecule has 0 unspecified atom stereocenters. The zero-order valence-corrected chi connectivity index (χ0v) is 15.7. The molecule has 1 aromatic carbocycles. The highest BCUT2D eigenvalue weighted by Crippen LogP contribution is 2.21. The molecule has 0 radical (unpaired) electrons. The largest absolute Gasteiger partial charge is 0.477 e. The molecule has 0 atom stereocenters. The molecule has 1 N–H and O–H groups in total. The predicted molar refractivity (Wildman–Crippen MR) is 102 cm³/mol. The Morgan fingerprint density at radius 1 is 1.21 bits per heavy atom. The number of carbonyl (C=O) groups is 1. The minimum atomic E-state index is -0.308. The van der Waals surface area contributed by atoms with Gasteiger partial charge in [-0.05, 0) is 36.8 Å². The number of pyridine rings is 1. The summed E-state index contributed by atoms with van der Waals surface area (Å²) in [6.45, 7) is 2.95. The number of benzene rings is 1. The smallest absolute Gasteiger partial charge is 0.220 e. The van der Waals surface area contributed by atoms with Crippen molar-refractivity contribution in [3.05, 3.63) is 66.1 Å². The molecule has 6 nitrogen and oxygen atoms in total. The van der Waals surface area contributed by atoms with Gasteiger partial charge in [0.2, 0.25) is 11.8 Å². The van der Waals surface area contributed by atoms with Crippen LogP contribution in [-0.2, 0) is 17.8 Å². The van der Waals surface area contributed by atoms with Crippen molar-refractivity contribution in [2.75, 3.05) is 6.61 Å². The van der Waals surface area contributed by atoms with Crippen molar-refractivity contribution in [2.45, 2.75) is 32.7 Å². The number of carbonyl (C=O) groups excluding carboxylic acids is 1. The van der Waals surface area contributed by atoms with Crippen LogP contribution < -0.4 is 10.1 Å². The quantitative estimate of drug-likeness (QED) is 0.606. The molecule has 0 spiro atoms. The number of hydrogen-bond donors (Lipinski definition) is 1. The van der Waals surface area contributed by atoms with Crippen molar-refractivity contribution in [1.29, 1.82) is 0 Å². The van der Waals surface area contributed by atoms with Crippen LogP contribution in [0.3, 0.4) is 0 Å². The number of nitrogens with one attached hydrogen (secondary N) is 1. The summed E-state index contributed by atoms with van der Waals surface area (Å²) in [6.07, 6.45) is 4.75. The maximum atomic E-state index is 13.0. The minimum absolute atomic E-state index is 0.119. The van der Waals surface area contributed by atoms with Crippen LogP contribution in [0.1, 0.15) is 31.2 Å².